The average molecular weight is 441 g/mol. The number of amides is 1. The standard InChI is InChI=1S/C20H22Cl2N2O3S/c1-13(15-7-6-14-4-3-5-16(14)10-15)23-20(25)12-24(28(2,26)27)19-11-17(21)8-9-18(19)22/h6-11,13H,3-5,12H2,1-2H3,(H,23,25). The number of anilines is 1. The molecule has 0 saturated carbocycles. The third-order valence-electron chi connectivity index (χ3n) is 4.86. The Bertz CT molecular complexity index is 1010. The minimum atomic E-state index is -3.73. The molecule has 0 saturated heterocycles. The van der Waals surface area contributed by atoms with Crippen LogP contribution < -0.4 is 9.62 Å². The molecule has 150 valence electrons. The van der Waals surface area contributed by atoms with E-state index in [0.29, 0.717) is 5.02 Å². The molecule has 0 aliphatic heterocycles. The molecule has 8 heteroatoms. The first-order valence-corrected chi connectivity index (χ1v) is 11.6. The summed E-state index contributed by atoms with van der Waals surface area (Å²) in [5.41, 5.74) is 3.86. The molecule has 0 spiro atoms. The third kappa shape index (κ3) is 4.80. The van der Waals surface area contributed by atoms with Crippen LogP contribution in [-0.4, -0.2) is 27.1 Å². The second kappa shape index (κ2) is 8.31. The van der Waals surface area contributed by atoms with Gasteiger partial charge in [-0.3, -0.25) is 9.10 Å². The topological polar surface area (TPSA) is 66.5 Å². The van der Waals surface area contributed by atoms with E-state index in [1.54, 1.807) is 6.07 Å². The summed E-state index contributed by atoms with van der Waals surface area (Å²) in [5, 5.41) is 3.41. The van der Waals surface area contributed by atoms with Gasteiger partial charge in [-0.1, -0.05) is 41.4 Å². The van der Waals surface area contributed by atoms with Crippen LogP contribution in [0.4, 0.5) is 5.69 Å². The van der Waals surface area contributed by atoms with Crippen LogP contribution in [0.15, 0.2) is 36.4 Å². The number of rotatable bonds is 6. The number of carbonyl (C=O) groups is 1. The Kier molecular flexibility index (Phi) is 6.22. The van der Waals surface area contributed by atoms with Crippen LogP contribution in [0, 0.1) is 0 Å². The highest BCUT2D eigenvalue weighted by Gasteiger charge is 2.24. The van der Waals surface area contributed by atoms with Crippen molar-refractivity contribution in [2.45, 2.75) is 32.2 Å². The lowest BCUT2D eigenvalue weighted by molar-refractivity contribution is -0.120. The first kappa shape index (κ1) is 21.0. The van der Waals surface area contributed by atoms with Crippen molar-refractivity contribution in [3.63, 3.8) is 0 Å². The number of sulfonamides is 1. The molecule has 28 heavy (non-hydrogen) atoms. The fourth-order valence-corrected chi connectivity index (χ4v) is 4.72. The molecule has 1 aliphatic carbocycles. The van der Waals surface area contributed by atoms with Gasteiger partial charge >= 0.3 is 0 Å². The number of hydrogen-bond donors (Lipinski definition) is 1. The summed E-state index contributed by atoms with van der Waals surface area (Å²) < 4.78 is 25.5. The van der Waals surface area contributed by atoms with Crippen molar-refractivity contribution in [3.05, 3.63) is 63.1 Å². The molecule has 1 aliphatic rings. The molecule has 2 aromatic rings. The zero-order valence-corrected chi connectivity index (χ0v) is 18.0. The minimum Gasteiger partial charge on any atom is -0.348 e. The summed E-state index contributed by atoms with van der Waals surface area (Å²) in [6, 6.07) is 10.5. The summed E-state index contributed by atoms with van der Waals surface area (Å²) in [5.74, 6) is -0.422. The predicted molar refractivity (Wildman–Crippen MR) is 114 cm³/mol. The number of nitrogens with zero attached hydrogens (tertiary/aromatic N) is 1. The van der Waals surface area contributed by atoms with E-state index in [-0.39, 0.29) is 23.3 Å². The molecular weight excluding hydrogens is 419 g/mol. The van der Waals surface area contributed by atoms with Gasteiger partial charge in [0.2, 0.25) is 15.9 Å². The summed E-state index contributed by atoms with van der Waals surface area (Å²) in [7, 11) is -3.73. The Morgan fingerprint density at radius 2 is 1.86 bits per heavy atom. The van der Waals surface area contributed by atoms with Gasteiger partial charge in [0, 0.05) is 5.02 Å². The molecule has 0 heterocycles. The Balaban J connectivity index is 1.76. The average Bonchev–Trinajstić information content (AvgIpc) is 3.08. The number of fused-ring (bicyclic) bond motifs is 1. The Labute approximate surface area is 175 Å². The summed E-state index contributed by atoms with van der Waals surface area (Å²) in [6.07, 6.45) is 4.34. The molecule has 5 nitrogen and oxygen atoms in total. The number of benzene rings is 2. The van der Waals surface area contributed by atoms with E-state index in [1.807, 2.05) is 13.0 Å². The SMILES string of the molecule is CC(NC(=O)CN(c1cc(Cl)ccc1Cl)S(C)(=O)=O)c1ccc2c(c1)CCC2. The quantitative estimate of drug-likeness (QED) is 0.733. The fourth-order valence-electron chi connectivity index (χ4n) is 3.42. The van der Waals surface area contributed by atoms with Gasteiger partial charge in [-0.05, 0) is 61.1 Å². The van der Waals surface area contributed by atoms with Crippen LogP contribution in [0.5, 0.6) is 0 Å². The smallest absolute Gasteiger partial charge is 0.241 e. The van der Waals surface area contributed by atoms with Crippen LogP contribution in [0.2, 0.25) is 10.0 Å². The molecule has 1 amide bonds. The molecule has 3 rings (SSSR count). The lowest BCUT2D eigenvalue weighted by Gasteiger charge is -2.24. The first-order chi connectivity index (χ1) is 13.1. The maximum absolute atomic E-state index is 12.6. The second-order valence-corrected chi connectivity index (χ2v) is 9.79. The molecule has 0 aromatic heterocycles. The number of nitrogens with one attached hydrogen (secondary N) is 1. The molecule has 0 fully saturated rings. The molecule has 0 radical (unpaired) electrons. The van der Waals surface area contributed by atoms with Crippen LogP contribution >= 0.6 is 23.2 Å². The lowest BCUT2D eigenvalue weighted by atomic mass is 10.0. The van der Waals surface area contributed by atoms with E-state index in [9.17, 15) is 13.2 Å². The molecule has 2 aromatic carbocycles. The van der Waals surface area contributed by atoms with E-state index in [2.05, 4.69) is 17.4 Å². The van der Waals surface area contributed by atoms with Gasteiger partial charge in [0.25, 0.3) is 0 Å². The normalized spacial score (nSPS) is 14.4. The summed E-state index contributed by atoms with van der Waals surface area (Å²) >= 11 is 12.1. The Morgan fingerprint density at radius 3 is 2.57 bits per heavy atom. The van der Waals surface area contributed by atoms with Gasteiger partial charge < -0.3 is 5.32 Å². The second-order valence-electron chi connectivity index (χ2n) is 7.04. The van der Waals surface area contributed by atoms with Crippen molar-refractivity contribution in [2.75, 3.05) is 17.1 Å². The van der Waals surface area contributed by atoms with Crippen LogP contribution in [-0.2, 0) is 27.7 Å². The van der Waals surface area contributed by atoms with Crippen molar-refractivity contribution < 1.29 is 13.2 Å². The highest BCUT2D eigenvalue weighted by molar-refractivity contribution is 7.92. The largest absolute Gasteiger partial charge is 0.348 e. The van der Waals surface area contributed by atoms with Crippen molar-refractivity contribution in [1.29, 1.82) is 0 Å². The van der Waals surface area contributed by atoms with E-state index < -0.39 is 15.9 Å². The third-order valence-corrected chi connectivity index (χ3v) is 6.55. The van der Waals surface area contributed by atoms with Gasteiger partial charge in [-0.2, -0.15) is 0 Å². The first-order valence-electron chi connectivity index (χ1n) is 8.99. The Morgan fingerprint density at radius 1 is 1.14 bits per heavy atom. The van der Waals surface area contributed by atoms with Gasteiger partial charge in [-0.15, -0.1) is 0 Å². The van der Waals surface area contributed by atoms with Gasteiger partial charge in [-0.25, -0.2) is 8.42 Å². The van der Waals surface area contributed by atoms with Gasteiger partial charge in [0.05, 0.1) is 23.0 Å². The maximum Gasteiger partial charge on any atom is 0.241 e. The van der Waals surface area contributed by atoms with Crippen molar-refractivity contribution in [2.24, 2.45) is 0 Å². The highest BCUT2D eigenvalue weighted by Crippen LogP contribution is 2.30. The van der Waals surface area contributed by atoms with Crippen molar-refractivity contribution in [3.8, 4) is 0 Å². The van der Waals surface area contributed by atoms with E-state index >= 15 is 0 Å². The number of hydrogen-bond acceptors (Lipinski definition) is 3. The van der Waals surface area contributed by atoms with Crippen LogP contribution in [0.1, 0.15) is 36.1 Å². The minimum absolute atomic E-state index is 0.178. The molecule has 1 atom stereocenters. The Hall–Kier alpha value is -1.76. The van der Waals surface area contributed by atoms with E-state index in [1.165, 1.54) is 23.3 Å². The van der Waals surface area contributed by atoms with Crippen molar-refractivity contribution >= 4 is 44.8 Å². The number of carbonyl (C=O) groups excluding carboxylic acids is 1. The zero-order chi connectivity index (χ0) is 20.5. The van der Waals surface area contributed by atoms with Crippen LogP contribution in [0.3, 0.4) is 0 Å². The van der Waals surface area contributed by atoms with E-state index in [0.717, 1.165) is 35.4 Å². The number of halogens is 2. The van der Waals surface area contributed by atoms with Gasteiger partial charge in [0.15, 0.2) is 0 Å². The molecule has 1 unspecified atom stereocenters. The molecule has 0 bridgehead atoms. The number of aryl methyl sites for hydroxylation is 2. The summed E-state index contributed by atoms with van der Waals surface area (Å²) in [6.45, 7) is 1.50. The molecule has 1 N–H and O–H groups in total. The van der Waals surface area contributed by atoms with E-state index in [4.69, 9.17) is 23.2 Å². The van der Waals surface area contributed by atoms with Crippen LogP contribution in [0.25, 0.3) is 0 Å². The zero-order valence-electron chi connectivity index (χ0n) is 15.7. The molecular formula is C20H22Cl2N2O3S. The van der Waals surface area contributed by atoms with Gasteiger partial charge in [0.1, 0.15) is 6.54 Å². The summed E-state index contributed by atoms with van der Waals surface area (Å²) in [4.78, 5) is 12.6. The predicted octanol–water partition coefficient (Wildman–Crippen LogP) is 4.13. The fraction of sp³-hybridized carbons (Fsp3) is 0.350. The monoisotopic (exact) mass is 440 g/mol. The maximum atomic E-state index is 12.6. The highest BCUT2D eigenvalue weighted by atomic mass is 35.5. The lowest BCUT2D eigenvalue weighted by Crippen LogP contribution is -2.41. The van der Waals surface area contributed by atoms with Crippen molar-refractivity contribution in [1.82, 2.24) is 5.32 Å².